The molecule has 0 spiro atoms. The van der Waals surface area contributed by atoms with Crippen LogP contribution in [0.2, 0.25) is 0 Å². The summed E-state index contributed by atoms with van der Waals surface area (Å²) in [4.78, 5) is 0. The minimum atomic E-state index is 1.03. The van der Waals surface area contributed by atoms with Gasteiger partial charge in [0.2, 0.25) is 0 Å². The van der Waals surface area contributed by atoms with Gasteiger partial charge in [0.15, 0.2) is 0 Å². The molecule has 0 bridgehead atoms. The van der Waals surface area contributed by atoms with Crippen LogP contribution in [0.5, 0.6) is 0 Å². The first-order chi connectivity index (χ1) is 8.40. The number of benzene rings is 1. The highest BCUT2D eigenvalue weighted by Crippen LogP contribution is 2.20. The molecule has 86 valence electrons. The second-order valence-corrected chi connectivity index (χ2v) is 4.23. The van der Waals surface area contributed by atoms with Crippen LogP contribution in [-0.2, 0) is 0 Å². The maximum absolute atomic E-state index is 3.90. The largest absolute Gasteiger partial charge is 0.0985 e. The molecular weight excluding hydrogens is 204 g/mol. The molecule has 0 radical (unpaired) electrons. The van der Waals surface area contributed by atoms with Crippen LogP contribution in [0.1, 0.15) is 24.8 Å². The Morgan fingerprint density at radius 3 is 2.71 bits per heavy atom. The Morgan fingerprint density at radius 1 is 1.24 bits per heavy atom. The zero-order valence-corrected chi connectivity index (χ0v) is 10.1. The molecule has 0 N–H and O–H groups in total. The van der Waals surface area contributed by atoms with E-state index in [-0.39, 0.29) is 0 Å². The number of rotatable bonds is 4. The van der Waals surface area contributed by atoms with Crippen LogP contribution in [0.25, 0.3) is 5.57 Å². The van der Waals surface area contributed by atoms with Crippen LogP contribution < -0.4 is 0 Å². The molecule has 0 amide bonds. The van der Waals surface area contributed by atoms with Gasteiger partial charge in [0.05, 0.1) is 0 Å². The van der Waals surface area contributed by atoms with Gasteiger partial charge in [-0.05, 0) is 30.4 Å². The Morgan fingerprint density at radius 2 is 2.06 bits per heavy atom. The van der Waals surface area contributed by atoms with Crippen LogP contribution in [0.4, 0.5) is 0 Å². The first kappa shape index (κ1) is 11.7. The lowest BCUT2D eigenvalue weighted by molar-refractivity contribution is 0.925. The van der Waals surface area contributed by atoms with E-state index >= 15 is 0 Å². The number of allylic oxidation sites excluding steroid dienone is 7. The summed E-state index contributed by atoms with van der Waals surface area (Å²) in [6, 6.07) is 10.4. The second kappa shape index (κ2) is 6.05. The predicted molar refractivity (Wildman–Crippen MR) is 75.7 cm³/mol. The van der Waals surface area contributed by atoms with E-state index < -0.39 is 0 Å². The predicted octanol–water partition coefficient (Wildman–Crippen LogP) is 4.92. The van der Waals surface area contributed by atoms with Crippen molar-refractivity contribution >= 4 is 5.57 Å². The molecule has 0 aliphatic heterocycles. The summed E-state index contributed by atoms with van der Waals surface area (Å²) in [5.41, 5.74) is 3.97. The lowest BCUT2D eigenvalue weighted by atomic mass is 9.98. The molecule has 0 aromatic heterocycles. The standard InChI is InChI=1S/C17H18/c1-2-16(17-11-7-4-8-12-17)14-13-15-9-5-3-6-10-15/h2-5,7-9,11-12,14H,1,6,10,13H2/b16-14+. The molecule has 0 heteroatoms. The van der Waals surface area contributed by atoms with Crippen molar-refractivity contribution < 1.29 is 0 Å². The zero-order chi connectivity index (χ0) is 11.9. The molecule has 0 nitrogen and oxygen atoms in total. The summed E-state index contributed by atoms with van der Waals surface area (Å²) < 4.78 is 0. The van der Waals surface area contributed by atoms with Crippen LogP contribution in [0.3, 0.4) is 0 Å². The molecule has 0 atom stereocenters. The molecule has 17 heavy (non-hydrogen) atoms. The number of hydrogen-bond donors (Lipinski definition) is 0. The molecule has 0 saturated heterocycles. The monoisotopic (exact) mass is 222 g/mol. The molecule has 0 fully saturated rings. The maximum Gasteiger partial charge on any atom is -0.0126 e. The van der Waals surface area contributed by atoms with E-state index in [4.69, 9.17) is 0 Å². The molecule has 0 saturated carbocycles. The minimum Gasteiger partial charge on any atom is -0.0985 e. The quantitative estimate of drug-likeness (QED) is 0.634. The normalized spacial score (nSPS) is 15.5. The lowest BCUT2D eigenvalue weighted by Crippen LogP contribution is -1.87. The third-order valence-electron chi connectivity index (χ3n) is 3.01. The van der Waals surface area contributed by atoms with E-state index in [0.717, 1.165) is 6.42 Å². The lowest BCUT2D eigenvalue weighted by Gasteiger charge is -2.07. The van der Waals surface area contributed by atoms with Crippen LogP contribution >= 0.6 is 0 Å². The topological polar surface area (TPSA) is 0 Å². The number of hydrogen-bond acceptors (Lipinski definition) is 0. The summed E-state index contributed by atoms with van der Waals surface area (Å²) >= 11 is 0. The van der Waals surface area contributed by atoms with Gasteiger partial charge in [-0.15, -0.1) is 0 Å². The highest BCUT2D eigenvalue weighted by Gasteiger charge is 2.00. The molecule has 1 aliphatic carbocycles. The summed E-state index contributed by atoms with van der Waals surface area (Å²) in [5, 5.41) is 0. The molecule has 1 aromatic rings. The molecule has 1 aromatic carbocycles. The van der Waals surface area contributed by atoms with Gasteiger partial charge < -0.3 is 0 Å². The van der Waals surface area contributed by atoms with Gasteiger partial charge in [0.25, 0.3) is 0 Å². The highest BCUT2D eigenvalue weighted by atomic mass is 14.1. The average Bonchev–Trinajstić information content (AvgIpc) is 2.42. The molecule has 2 rings (SSSR count). The molecular formula is C17H18. The van der Waals surface area contributed by atoms with E-state index in [1.807, 2.05) is 12.1 Å². The van der Waals surface area contributed by atoms with Crippen molar-refractivity contribution in [3.63, 3.8) is 0 Å². The van der Waals surface area contributed by atoms with Gasteiger partial charge in [0.1, 0.15) is 0 Å². The summed E-state index contributed by atoms with van der Waals surface area (Å²) in [5.74, 6) is 0. The van der Waals surface area contributed by atoms with Gasteiger partial charge in [-0.2, -0.15) is 0 Å². The van der Waals surface area contributed by atoms with Gasteiger partial charge in [-0.3, -0.25) is 0 Å². The van der Waals surface area contributed by atoms with Crippen LogP contribution in [-0.4, -0.2) is 0 Å². The Hall–Kier alpha value is -1.82. The van der Waals surface area contributed by atoms with Gasteiger partial charge in [-0.25, -0.2) is 0 Å². The van der Waals surface area contributed by atoms with Crippen LogP contribution in [0, 0.1) is 0 Å². The Bertz CT molecular complexity index is 458. The van der Waals surface area contributed by atoms with E-state index in [1.165, 1.54) is 29.6 Å². The third-order valence-corrected chi connectivity index (χ3v) is 3.01. The molecule has 0 heterocycles. The Kier molecular flexibility index (Phi) is 4.15. The van der Waals surface area contributed by atoms with Crippen molar-refractivity contribution in [2.45, 2.75) is 19.3 Å². The van der Waals surface area contributed by atoms with Gasteiger partial charge >= 0.3 is 0 Å². The Labute approximate surface area is 104 Å². The smallest absolute Gasteiger partial charge is 0.0126 e. The first-order valence-electron chi connectivity index (χ1n) is 6.13. The molecule has 1 aliphatic rings. The average molecular weight is 222 g/mol. The fraction of sp³-hybridized carbons (Fsp3) is 0.176. The van der Waals surface area contributed by atoms with Crippen molar-refractivity contribution in [3.8, 4) is 0 Å². The maximum atomic E-state index is 3.90. The fourth-order valence-corrected chi connectivity index (χ4v) is 2.01. The van der Waals surface area contributed by atoms with Crippen molar-refractivity contribution in [2.24, 2.45) is 0 Å². The fourth-order valence-electron chi connectivity index (χ4n) is 2.01. The van der Waals surface area contributed by atoms with E-state index in [0.29, 0.717) is 0 Å². The van der Waals surface area contributed by atoms with Crippen molar-refractivity contribution in [1.29, 1.82) is 0 Å². The molecule has 0 unspecified atom stereocenters. The van der Waals surface area contributed by atoms with Crippen molar-refractivity contribution in [3.05, 3.63) is 78.4 Å². The summed E-state index contributed by atoms with van der Waals surface area (Å²) in [6.45, 7) is 3.90. The third kappa shape index (κ3) is 3.32. The SMILES string of the molecule is C=C/C(=C\CC1=CC=CCC1)c1ccccc1. The Balaban J connectivity index is 2.11. The van der Waals surface area contributed by atoms with Crippen molar-refractivity contribution in [2.75, 3.05) is 0 Å². The summed E-state index contributed by atoms with van der Waals surface area (Å²) in [6.07, 6.45) is 14.2. The summed E-state index contributed by atoms with van der Waals surface area (Å²) in [7, 11) is 0. The van der Waals surface area contributed by atoms with Crippen molar-refractivity contribution in [1.82, 2.24) is 0 Å². The second-order valence-electron chi connectivity index (χ2n) is 4.23. The minimum absolute atomic E-state index is 1.03. The van der Waals surface area contributed by atoms with E-state index in [1.54, 1.807) is 0 Å². The highest BCUT2D eigenvalue weighted by molar-refractivity contribution is 5.73. The van der Waals surface area contributed by atoms with Gasteiger partial charge in [-0.1, -0.05) is 72.9 Å². The van der Waals surface area contributed by atoms with E-state index in [2.05, 4.69) is 55.1 Å². The van der Waals surface area contributed by atoms with Crippen LogP contribution in [0.15, 0.2) is 72.9 Å². The van der Waals surface area contributed by atoms with E-state index in [9.17, 15) is 0 Å². The van der Waals surface area contributed by atoms with Gasteiger partial charge in [0, 0.05) is 0 Å². The first-order valence-corrected chi connectivity index (χ1v) is 6.13. The zero-order valence-electron chi connectivity index (χ0n) is 10.1.